The molecule has 0 aromatic rings. The van der Waals surface area contributed by atoms with Gasteiger partial charge in [0.05, 0.1) is 24.7 Å². The molecule has 66 valence electrons. The SMILES string of the molecule is CC1=C[C@@H]2O[C@H]1CC(=O)[C@H]2CO. The Bertz CT molecular complexity index is 244. The molecular weight excluding hydrogens is 156 g/mol. The summed E-state index contributed by atoms with van der Waals surface area (Å²) in [6.45, 7) is 1.87. The van der Waals surface area contributed by atoms with E-state index in [1.165, 1.54) is 0 Å². The molecular formula is C9H12O3. The molecule has 0 spiro atoms. The van der Waals surface area contributed by atoms with Gasteiger partial charge in [0.2, 0.25) is 0 Å². The van der Waals surface area contributed by atoms with Crippen molar-refractivity contribution in [2.45, 2.75) is 25.6 Å². The smallest absolute Gasteiger partial charge is 0.144 e. The van der Waals surface area contributed by atoms with Crippen molar-refractivity contribution >= 4 is 5.78 Å². The number of carbonyl (C=O) groups excluding carboxylic acids is 1. The van der Waals surface area contributed by atoms with Crippen molar-refractivity contribution in [2.24, 2.45) is 5.92 Å². The van der Waals surface area contributed by atoms with E-state index in [1.54, 1.807) is 0 Å². The molecule has 12 heavy (non-hydrogen) atoms. The minimum atomic E-state index is -0.321. The number of rotatable bonds is 1. The number of aliphatic hydroxyl groups is 1. The predicted molar refractivity (Wildman–Crippen MR) is 42.6 cm³/mol. The monoisotopic (exact) mass is 168 g/mol. The van der Waals surface area contributed by atoms with Crippen LogP contribution in [-0.2, 0) is 9.53 Å². The Morgan fingerprint density at radius 1 is 1.75 bits per heavy atom. The largest absolute Gasteiger partial charge is 0.396 e. The van der Waals surface area contributed by atoms with Crippen LogP contribution in [0.2, 0.25) is 0 Å². The zero-order valence-electron chi connectivity index (χ0n) is 6.99. The quantitative estimate of drug-likeness (QED) is 0.572. The van der Waals surface area contributed by atoms with E-state index in [4.69, 9.17) is 9.84 Å². The van der Waals surface area contributed by atoms with Gasteiger partial charge in [-0.05, 0) is 12.5 Å². The highest BCUT2D eigenvalue weighted by Gasteiger charge is 2.40. The van der Waals surface area contributed by atoms with Crippen LogP contribution in [0.4, 0.5) is 0 Å². The van der Waals surface area contributed by atoms with Gasteiger partial charge in [0.1, 0.15) is 5.78 Å². The molecule has 0 aromatic carbocycles. The van der Waals surface area contributed by atoms with Crippen molar-refractivity contribution in [1.29, 1.82) is 0 Å². The van der Waals surface area contributed by atoms with E-state index < -0.39 is 0 Å². The first kappa shape index (κ1) is 7.95. The molecule has 3 atom stereocenters. The molecule has 1 N–H and O–H groups in total. The van der Waals surface area contributed by atoms with Gasteiger partial charge in [-0.1, -0.05) is 6.08 Å². The first-order valence-corrected chi connectivity index (χ1v) is 4.19. The summed E-state index contributed by atoms with van der Waals surface area (Å²) in [7, 11) is 0. The van der Waals surface area contributed by atoms with E-state index >= 15 is 0 Å². The molecule has 3 nitrogen and oxygen atoms in total. The fraction of sp³-hybridized carbons (Fsp3) is 0.667. The standard InChI is InChI=1S/C9H12O3/c1-5-2-9-6(4-10)7(11)3-8(5)12-9/h2,6,8-10H,3-4H2,1H3/t6-,8+,9+/m1/s1. The molecule has 0 radical (unpaired) electrons. The summed E-state index contributed by atoms with van der Waals surface area (Å²) in [5.74, 6) is -0.189. The molecule has 1 saturated heterocycles. The molecule has 2 rings (SSSR count). The molecule has 2 aliphatic rings. The average Bonchev–Trinajstić information content (AvgIpc) is 2.29. The summed E-state index contributed by atoms with van der Waals surface area (Å²) in [6.07, 6.45) is 2.21. The average molecular weight is 168 g/mol. The van der Waals surface area contributed by atoms with Crippen LogP contribution >= 0.6 is 0 Å². The van der Waals surface area contributed by atoms with Crippen molar-refractivity contribution < 1.29 is 14.6 Å². The second-order valence-electron chi connectivity index (χ2n) is 3.46. The molecule has 3 heteroatoms. The van der Waals surface area contributed by atoms with E-state index in [0.717, 1.165) is 5.57 Å². The summed E-state index contributed by atoms with van der Waals surface area (Å²) in [5.41, 5.74) is 1.13. The van der Waals surface area contributed by atoms with Gasteiger partial charge < -0.3 is 9.84 Å². The maximum atomic E-state index is 11.4. The Labute approximate surface area is 71.0 Å². The zero-order valence-corrected chi connectivity index (χ0v) is 6.99. The third-order valence-electron chi connectivity index (χ3n) is 2.65. The van der Waals surface area contributed by atoms with Gasteiger partial charge in [0.25, 0.3) is 0 Å². The molecule has 0 saturated carbocycles. The molecule has 0 aromatic heterocycles. The first-order valence-electron chi connectivity index (χ1n) is 4.19. The number of fused-ring (bicyclic) bond motifs is 2. The topological polar surface area (TPSA) is 46.5 Å². The number of carbonyl (C=O) groups is 1. The van der Waals surface area contributed by atoms with Crippen LogP contribution in [0.3, 0.4) is 0 Å². The van der Waals surface area contributed by atoms with Gasteiger partial charge in [-0.2, -0.15) is 0 Å². The Hall–Kier alpha value is -0.670. The highest BCUT2D eigenvalue weighted by Crippen LogP contribution is 2.33. The van der Waals surface area contributed by atoms with E-state index in [1.807, 2.05) is 13.0 Å². The molecule has 0 amide bonds. The predicted octanol–water partition coefficient (Wildman–Crippen LogP) is 0.281. The van der Waals surface area contributed by atoms with Gasteiger partial charge >= 0.3 is 0 Å². The molecule has 0 aliphatic carbocycles. The highest BCUT2D eigenvalue weighted by molar-refractivity contribution is 5.84. The fourth-order valence-corrected chi connectivity index (χ4v) is 1.85. The van der Waals surface area contributed by atoms with Crippen molar-refractivity contribution in [3.63, 3.8) is 0 Å². The van der Waals surface area contributed by atoms with Crippen molar-refractivity contribution in [3.8, 4) is 0 Å². The Balaban J connectivity index is 2.23. The molecule has 2 heterocycles. The van der Waals surface area contributed by atoms with Crippen LogP contribution in [0, 0.1) is 5.92 Å². The van der Waals surface area contributed by atoms with Crippen molar-refractivity contribution in [3.05, 3.63) is 11.6 Å². The highest BCUT2D eigenvalue weighted by atomic mass is 16.5. The summed E-state index contributed by atoms with van der Waals surface area (Å²) >= 11 is 0. The lowest BCUT2D eigenvalue weighted by Gasteiger charge is -2.27. The molecule has 2 bridgehead atoms. The summed E-state index contributed by atoms with van der Waals surface area (Å²) < 4.78 is 5.51. The number of ketones is 1. The minimum Gasteiger partial charge on any atom is -0.396 e. The maximum Gasteiger partial charge on any atom is 0.144 e. The third-order valence-corrected chi connectivity index (χ3v) is 2.65. The lowest BCUT2D eigenvalue weighted by atomic mass is 9.94. The number of hydrogen-bond donors (Lipinski definition) is 1. The van der Waals surface area contributed by atoms with Crippen LogP contribution in [0.15, 0.2) is 11.6 Å². The van der Waals surface area contributed by atoms with Gasteiger partial charge in [0.15, 0.2) is 0 Å². The summed E-state index contributed by atoms with van der Waals surface area (Å²) in [6, 6.07) is 0. The molecule has 1 fully saturated rings. The Morgan fingerprint density at radius 2 is 2.50 bits per heavy atom. The summed E-state index contributed by atoms with van der Waals surface area (Å²) in [4.78, 5) is 11.4. The van der Waals surface area contributed by atoms with Crippen LogP contribution in [0.1, 0.15) is 13.3 Å². The number of ether oxygens (including phenoxy) is 1. The lowest BCUT2D eigenvalue weighted by molar-refractivity contribution is -0.138. The van der Waals surface area contributed by atoms with Gasteiger partial charge in [0, 0.05) is 6.42 Å². The molecule has 2 aliphatic heterocycles. The van der Waals surface area contributed by atoms with Crippen LogP contribution in [0.5, 0.6) is 0 Å². The number of Topliss-reactive ketones (excluding diaryl/α,β-unsaturated/α-hetero) is 1. The van der Waals surface area contributed by atoms with Gasteiger partial charge in [-0.25, -0.2) is 0 Å². The van der Waals surface area contributed by atoms with Crippen LogP contribution in [0.25, 0.3) is 0 Å². The van der Waals surface area contributed by atoms with Gasteiger partial charge in [-0.15, -0.1) is 0 Å². The lowest BCUT2D eigenvalue weighted by Crippen LogP contribution is -2.38. The van der Waals surface area contributed by atoms with Crippen LogP contribution < -0.4 is 0 Å². The minimum absolute atomic E-state index is 0.00898. The second-order valence-corrected chi connectivity index (χ2v) is 3.46. The van der Waals surface area contributed by atoms with E-state index in [9.17, 15) is 4.79 Å². The third kappa shape index (κ3) is 1.01. The number of hydrogen-bond acceptors (Lipinski definition) is 3. The fourth-order valence-electron chi connectivity index (χ4n) is 1.85. The Kier molecular flexibility index (Phi) is 1.77. The maximum absolute atomic E-state index is 11.4. The first-order chi connectivity index (χ1) is 5.72. The van der Waals surface area contributed by atoms with Crippen molar-refractivity contribution in [2.75, 3.05) is 6.61 Å². The summed E-state index contributed by atoms with van der Waals surface area (Å²) in [5, 5.41) is 8.94. The Morgan fingerprint density at radius 3 is 3.17 bits per heavy atom. The number of aliphatic hydroxyl groups excluding tert-OH is 1. The zero-order chi connectivity index (χ0) is 8.72. The van der Waals surface area contributed by atoms with Crippen molar-refractivity contribution in [1.82, 2.24) is 0 Å². The normalized spacial score (nSPS) is 40.0. The van der Waals surface area contributed by atoms with E-state index in [-0.39, 0.29) is 30.5 Å². The van der Waals surface area contributed by atoms with Gasteiger partial charge in [-0.3, -0.25) is 4.79 Å². The van der Waals surface area contributed by atoms with E-state index in [2.05, 4.69) is 0 Å². The van der Waals surface area contributed by atoms with E-state index in [0.29, 0.717) is 6.42 Å². The second kappa shape index (κ2) is 2.68. The molecule has 0 unspecified atom stereocenters. The van der Waals surface area contributed by atoms with Crippen LogP contribution in [-0.4, -0.2) is 29.7 Å².